The van der Waals surface area contributed by atoms with Crippen molar-refractivity contribution in [2.75, 3.05) is 13.1 Å². The van der Waals surface area contributed by atoms with Crippen LogP contribution in [-0.4, -0.2) is 40.0 Å². The van der Waals surface area contributed by atoms with Crippen molar-refractivity contribution in [1.82, 2.24) is 9.88 Å². The number of aromatic nitrogens is 1. The molecule has 5 nitrogen and oxygen atoms in total. The monoisotopic (exact) mass is 248 g/mol. The number of hydrogen-bond acceptors (Lipinski definition) is 3. The van der Waals surface area contributed by atoms with Crippen LogP contribution in [0.3, 0.4) is 0 Å². The minimum absolute atomic E-state index is 0.143. The highest BCUT2D eigenvalue weighted by Gasteiger charge is 2.39. The van der Waals surface area contributed by atoms with Gasteiger partial charge in [0.15, 0.2) is 0 Å². The Kier molecular flexibility index (Phi) is 3.32. The Balaban J connectivity index is 2.15. The van der Waals surface area contributed by atoms with Crippen LogP contribution >= 0.6 is 0 Å². The van der Waals surface area contributed by atoms with E-state index in [2.05, 4.69) is 4.98 Å². The van der Waals surface area contributed by atoms with Gasteiger partial charge in [0.1, 0.15) is 0 Å². The highest BCUT2D eigenvalue weighted by atomic mass is 16.4. The lowest BCUT2D eigenvalue weighted by molar-refractivity contribution is -0.150. The molecule has 0 radical (unpaired) electrons. The lowest BCUT2D eigenvalue weighted by Gasteiger charge is -2.37. The quantitative estimate of drug-likeness (QED) is 0.859. The zero-order valence-corrected chi connectivity index (χ0v) is 10.3. The number of rotatable bonds is 2. The molecule has 2 heterocycles. The minimum Gasteiger partial charge on any atom is -0.481 e. The molecule has 1 fully saturated rings. The average Bonchev–Trinajstić information content (AvgIpc) is 2.39. The number of pyridine rings is 1. The van der Waals surface area contributed by atoms with E-state index >= 15 is 0 Å². The second-order valence-electron chi connectivity index (χ2n) is 4.94. The van der Waals surface area contributed by atoms with E-state index in [1.807, 2.05) is 0 Å². The highest BCUT2D eigenvalue weighted by Crippen LogP contribution is 2.30. The van der Waals surface area contributed by atoms with Gasteiger partial charge in [-0.1, -0.05) is 0 Å². The van der Waals surface area contributed by atoms with Gasteiger partial charge in [0.25, 0.3) is 5.91 Å². The number of carboxylic acids is 1. The molecule has 1 unspecified atom stereocenters. The fraction of sp³-hybridized carbons (Fsp3) is 0.462. The standard InChI is InChI=1S/C13H16N2O3/c1-13(12(17)18)5-3-7-15(9-13)11(16)10-4-2-6-14-8-10/h2,4,6,8H,3,5,7,9H2,1H3,(H,17,18). The molecule has 0 aromatic carbocycles. The Morgan fingerprint density at radius 3 is 2.89 bits per heavy atom. The normalized spacial score (nSPS) is 23.7. The van der Waals surface area contributed by atoms with Crippen LogP contribution < -0.4 is 0 Å². The molecule has 1 N–H and O–H groups in total. The summed E-state index contributed by atoms with van der Waals surface area (Å²) in [4.78, 5) is 28.9. The van der Waals surface area contributed by atoms with Crippen molar-refractivity contribution in [2.45, 2.75) is 19.8 Å². The average molecular weight is 248 g/mol. The number of nitrogens with zero attached hydrogens (tertiary/aromatic N) is 2. The SMILES string of the molecule is CC1(C(=O)O)CCCN(C(=O)c2cccnc2)C1. The number of piperidine rings is 1. The lowest BCUT2D eigenvalue weighted by Crippen LogP contribution is -2.48. The van der Waals surface area contributed by atoms with Crippen molar-refractivity contribution in [3.05, 3.63) is 30.1 Å². The third kappa shape index (κ3) is 2.34. The number of carboxylic acid groups (broad SMARTS) is 1. The second-order valence-corrected chi connectivity index (χ2v) is 4.94. The molecule has 5 heteroatoms. The van der Waals surface area contributed by atoms with E-state index in [9.17, 15) is 14.7 Å². The topological polar surface area (TPSA) is 70.5 Å². The largest absolute Gasteiger partial charge is 0.481 e. The summed E-state index contributed by atoms with van der Waals surface area (Å²) in [6.07, 6.45) is 4.44. The maximum absolute atomic E-state index is 12.2. The van der Waals surface area contributed by atoms with E-state index in [0.717, 1.165) is 6.42 Å². The van der Waals surface area contributed by atoms with E-state index in [0.29, 0.717) is 18.5 Å². The lowest BCUT2D eigenvalue weighted by atomic mass is 9.82. The van der Waals surface area contributed by atoms with Crippen LogP contribution in [0, 0.1) is 5.41 Å². The van der Waals surface area contributed by atoms with Crippen molar-refractivity contribution >= 4 is 11.9 Å². The van der Waals surface area contributed by atoms with Gasteiger partial charge in [0, 0.05) is 25.5 Å². The van der Waals surface area contributed by atoms with Gasteiger partial charge < -0.3 is 10.0 Å². The van der Waals surface area contributed by atoms with Crippen LogP contribution in [0.1, 0.15) is 30.1 Å². The summed E-state index contributed by atoms with van der Waals surface area (Å²) in [5.41, 5.74) is -0.331. The van der Waals surface area contributed by atoms with E-state index < -0.39 is 11.4 Å². The van der Waals surface area contributed by atoms with E-state index in [-0.39, 0.29) is 12.5 Å². The second kappa shape index (κ2) is 4.76. The van der Waals surface area contributed by atoms with Crippen molar-refractivity contribution in [2.24, 2.45) is 5.41 Å². The maximum atomic E-state index is 12.2. The van der Waals surface area contributed by atoms with Gasteiger partial charge in [-0.15, -0.1) is 0 Å². The molecule has 0 aliphatic carbocycles. The molecule has 1 amide bonds. The molecule has 96 valence electrons. The summed E-state index contributed by atoms with van der Waals surface area (Å²) >= 11 is 0. The van der Waals surface area contributed by atoms with Crippen molar-refractivity contribution in [3.63, 3.8) is 0 Å². The molecule has 1 atom stereocenters. The predicted octanol–water partition coefficient (Wildman–Crippen LogP) is 1.41. The van der Waals surface area contributed by atoms with Crippen LogP contribution in [0.5, 0.6) is 0 Å². The van der Waals surface area contributed by atoms with Crippen molar-refractivity contribution in [1.29, 1.82) is 0 Å². The Hall–Kier alpha value is -1.91. The molecule has 1 aliphatic rings. The summed E-state index contributed by atoms with van der Waals surface area (Å²) in [6.45, 7) is 2.56. The van der Waals surface area contributed by atoms with Crippen LogP contribution in [0.2, 0.25) is 0 Å². The Morgan fingerprint density at radius 1 is 1.50 bits per heavy atom. The fourth-order valence-electron chi connectivity index (χ4n) is 2.26. The zero-order valence-electron chi connectivity index (χ0n) is 10.3. The molecule has 1 saturated heterocycles. The van der Waals surface area contributed by atoms with Gasteiger partial charge >= 0.3 is 5.97 Å². The van der Waals surface area contributed by atoms with E-state index in [1.54, 1.807) is 30.2 Å². The third-order valence-electron chi connectivity index (χ3n) is 3.41. The first-order valence-electron chi connectivity index (χ1n) is 5.96. The molecular formula is C13H16N2O3. The number of amides is 1. The maximum Gasteiger partial charge on any atom is 0.311 e. The fourth-order valence-corrected chi connectivity index (χ4v) is 2.26. The van der Waals surface area contributed by atoms with Gasteiger partial charge in [-0.3, -0.25) is 14.6 Å². The van der Waals surface area contributed by atoms with Gasteiger partial charge in [0.2, 0.25) is 0 Å². The van der Waals surface area contributed by atoms with Crippen molar-refractivity contribution in [3.8, 4) is 0 Å². The summed E-state index contributed by atoms with van der Waals surface area (Å²) in [5, 5.41) is 9.22. The molecule has 18 heavy (non-hydrogen) atoms. The number of carbonyl (C=O) groups is 2. The Bertz CT molecular complexity index is 461. The molecule has 2 rings (SSSR count). The highest BCUT2D eigenvalue weighted by molar-refractivity contribution is 5.94. The van der Waals surface area contributed by atoms with Crippen molar-refractivity contribution < 1.29 is 14.7 Å². The molecule has 1 aliphatic heterocycles. The van der Waals surface area contributed by atoms with Crippen LogP contribution in [-0.2, 0) is 4.79 Å². The number of carbonyl (C=O) groups excluding carboxylic acids is 1. The van der Waals surface area contributed by atoms with Crippen LogP contribution in [0.25, 0.3) is 0 Å². The van der Waals surface area contributed by atoms with E-state index in [4.69, 9.17) is 0 Å². The van der Waals surface area contributed by atoms with Gasteiger partial charge in [-0.25, -0.2) is 0 Å². The van der Waals surface area contributed by atoms with Gasteiger partial charge in [0.05, 0.1) is 11.0 Å². The molecule has 1 aromatic rings. The number of aliphatic carboxylic acids is 1. The molecule has 0 spiro atoms. The minimum atomic E-state index is -0.841. The molecule has 0 bridgehead atoms. The van der Waals surface area contributed by atoms with Gasteiger partial charge in [-0.2, -0.15) is 0 Å². The number of likely N-dealkylation sites (tertiary alicyclic amines) is 1. The summed E-state index contributed by atoms with van der Waals surface area (Å²) in [7, 11) is 0. The van der Waals surface area contributed by atoms with Crippen LogP contribution in [0.15, 0.2) is 24.5 Å². The van der Waals surface area contributed by atoms with Crippen LogP contribution in [0.4, 0.5) is 0 Å². The Morgan fingerprint density at radius 2 is 2.28 bits per heavy atom. The summed E-state index contributed by atoms with van der Waals surface area (Å²) < 4.78 is 0. The first-order chi connectivity index (χ1) is 8.53. The predicted molar refractivity (Wildman–Crippen MR) is 65.1 cm³/mol. The smallest absolute Gasteiger partial charge is 0.311 e. The first kappa shape index (κ1) is 12.5. The van der Waals surface area contributed by atoms with Gasteiger partial charge in [-0.05, 0) is 31.9 Å². The molecular weight excluding hydrogens is 232 g/mol. The summed E-state index contributed by atoms with van der Waals surface area (Å²) in [5.74, 6) is -0.985. The molecule has 0 saturated carbocycles. The first-order valence-corrected chi connectivity index (χ1v) is 5.96. The zero-order chi connectivity index (χ0) is 13.2. The van der Waals surface area contributed by atoms with E-state index in [1.165, 1.54) is 6.20 Å². The number of hydrogen-bond donors (Lipinski definition) is 1. The molecule has 1 aromatic heterocycles. The summed E-state index contributed by atoms with van der Waals surface area (Å²) in [6, 6.07) is 3.40. The third-order valence-corrected chi connectivity index (χ3v) is 3.41. The Labute approximate surface area is 105 Å².